The molecule has 14 heavy (non-hydrogen) atoms. The summed E-state index contributed by atoms with van der Waals surface area (Å²) in [4.78, 5) is 32.4. The van der Waals surface area contributed by atoms with Crippen LogP contribution in [0.15, 0.2) is 0 Å². The fraction of sp³-hybridized carbons (Fsp3) is 0.571. The Bertz CT molecular complexity index is 235. The summed E-state index contributed by atoms with van der Waals surface area (Å²) in [5.74, 6) is -5.19. The molecule has 0 aliphatic heterocycles. The maximum Gasteiger partial charge on any atom is 0.322 e. The predicted octanol–water partition coefficient (Wildman–Crippen LogP) is -1.64. The molecule has 0 rings (SSSR count). The largest absolute Gasteiger partial charge is 0.480 e. The van der Waals surface area contributed by atoms with E-state index in [-0.39, 0.29) is 0 Å². The summed E-state index contributed by atoms with van der Waals surface area (Å²) in [5.41, 5.74) is 5.11. The molecule has 0 aromatic rings. The van der Waals surface area contributed by atoms with Crippen molar-refractivity contribution in [3.05, 3.63) is 0 Å². The van der Waals surface area contributed by atoms with Crippen LogP contribution in [-0.2, 0) is 23.9 Å². The molecule has 0 saturated heterocycles. The first-order valence-corrected chi connectivity index (χ1v) is 3.59. The zero-order valence-electron chi connectivity index (χ0n) is 7.72. The van der Waals surface area contributed by atoms with Crippen LogP contribution in [0, 0.1) is 5.92 Å². The minimum Gasteiger partial charge on any atom is -0.480 e. The Morgan fingerprint density at radius 2 is 1.50 bits per heavy atom. The first kappa shape index (κ1) is 12.4. The van der Waals surface area contributed by atoms with Gasteiger partial charge in [0.05, 0.1) is 14.2 Å². The molecule has 0 heterocycles. The molecule has 3 N–H and O–H groups in total. The summed E-state index contributed by atoms with van der Waals surface area (Å²) in [5, 5.41) is 8.50. The van der Waals surface area contributed by atoms with Crippen LogP contribution in [-0.4, -0.2) is 43.3 Å². The van der Waals surface area contributed by atoms with E-state index in [1.54, 1.807) is 0 Å². The van der Waals surface area contributed by atoms with Crippen molar-refractivity contribution in [2.45, 2.75) is 6.04 Å². The zero-order chi connectivity index (χ0) is 11.3. The van der Waals surface area contributed by atoms with Crippen molar-refractivity contribution in [2.24, 2.45) is 11.7 Å². The van der Waals surface area contributed by atoms with Gasteiger partial charge in [0, 0.05) is 0 Å². The second-order valence-corrected chi connectivity index (χ2v) is 2.39. The minimum absolute atomic E-state index is 1.02. The first-order chi connectivity index (χ1) is 6.45. The normalized spacial score (nSPS) is 12.0. The highest BCUT2D eigenvalue weighted by atomic mass is 16.5. The molecule has 0 aromatic heterocycles. The first-order valence-electron chi connectivity index (χ1n) is 3.59. The van der Waals surface area contributed by atoms with Crippen LogP contribution in [0.25, 0.3) is 0 Å². The van der Waals surface area contributed by atoms with Gasteiger partial charge in [-0.1, -0.05) is 0 Å². The maximum atomic E-state index is 11.0. The van der Waals surface area contributed by atoms with Gasteiger partial charge in [-0.2, -0.15) is 0 Å². The Morgan fingerprint density at radius 1 is 1.14 bits per heavy atom. The van der Waals surface area contributed by atoms with Crippen molar-refractivity contribution in [1.29, 1.82) is 0 Å². The molecule has 0 bridgehead atoms. The van der Waals surface area contributed by atoms with Gasteiger partial charge in [0.25, 0.3) is 0 Å². The van der Waals surface area contributed by atoms with E-state index in [0.717, 1.165) is 14.2 Å². The van der Waals surface area contributed by atoms with Crippen LogP contribution in [0.3, 0.4) is 0 Å². The van der Waals surface area contributed by atoms with Crippen molar-refractivity contribution in [3.63, 3.8) is 0 Å². The number of carbonyl (C=O) groups excluding carboxylic acids is 2. The summed E-state index contributed by atoms with van der Waals surface area (Å²) in [7, 11) is 2.04. The van der Waals surface area contributed by atoms with Crippen LogP contribution in [0.2, 0.25) is 0 Å². The third-order valence-corrected chi connectivity index (χ3v) is 1.55. The molecule has 0 radical (unpaired) electrons. The summed E-state index contributed by atoms with van der Waals surface area (Å²) >= 11 is 0. The Kier molecular flexibility index (Phi) is 4.57. The second kappa shape index (κ2) is 5.18. The third kappa shape index (κ3) is 2.70. The number of carboxylic acid groups (broad SMARTS) is 1. The molecular weight excluding hydrogens is 194 g/mol. The van der Waals surface area contributed by atoms with Crippen LogP contribution in [0.5, 0.6) is 0 Å². The highest BCUT2D eigenvalue weighted by molar-refractivity contribution is 6.00. The van der Waals surface area contributed by atoms with Gasteiger partial charge in [0.2, 0.25) is 0 Å². The molecule has 0 aromatic carbocycles. The lowest BCUT2D eigenvalue weighted by Gasteiger charge is -2.15. The van der Waals surface area contributed by atoms with Crippen molar-refractivity contribution in [1.82, 2.24) is 0 Å². The lowest BCUT2D eigenvalue weighted by Crippen LogP contribution is -2.47. The van der Waals surface area contributed by atoms with Crippen LogP contribution >= 0.6 is 0 Å². The average molecular weight is 205 g/mol. The van der Waals surface area contributed by atoms with Gasteiger partial charge >= 0.3 is 17.9 Å². The Hall–Kier alpha value is -1.63. The van der Waals surface area contributed by atoms with Gasteiger partial charge in [-0.05, 0) is 0 Å². The van der Waals surface area contributed by atoms with Crippen molar-refractivity contribution < 1.29 is 29.0 Å². The summed E-state index contributed by atoms with van der Waals surface area (Å²) in [6.45, 7) is 0. The van der Waals surface area contributed by atoms with E-state index in [4.69, 9.17) is 10.8 Å². The van der Waals surface area contributed by atoms with Gasteiger partial charge in [-0.15, -0.1) is 0 Å². The van der Waals surface area contributed by atoms with Crippen molar-refractivity contribution in [2.75, 3.05) is 14.2 Å². The molecule has 0 unspecified atom stereocenters. The highest BCUT2D eigenvalue weighted by Crippen LogP contribution is 2.07. The molecule has 0 amide bonds. The van der Waals surface area contributed by atoms with E-state index in [9.17, 15) is 14.4 Å². The van der Waals surface area contributed by atoms with Gasteiger partial charge < -0.3 is 20.3 Å². The number of aliphatic carboxylic acids is 1. The standard InChI is InChI=1S/C7H11NO6/c1-13-6(11)3(7(12)14-2)4(8)5(9)10/h3-4H,8H2,1-2H3,(H,9,10)/t4-/m0/s1. The number of ether oxygens (including phenoxy) is 2. The highest BCUT2D eigenvalue weighted by Gasteiger charge is 2.38. The molecule has 0 aliphatic carbocycles. The van der Waals surface area contributed by atoms with Gasteiger partial charge in [-0.25, -0.2) is 0 Å². The van der Waals surface area contributed by atoms with Crippen LogP contribution in [0.4, 0.5) is 0 Å². The average Bonchev–Trinajstić information content (AvgIpc) is 2.16. The predicted molar refractivity (Wildman–Crippen MR) is 43.1 cm³/mol. The van der Waals surface area contributed by atoms with E-state index >= 15 is 0 Å². The molecule has 7 nitrogen and oxygen atoms in total. The number of hydrogen-bond donors (Lipinski definition) is 2. The van der Waals surface area contributed by atoms with Gasteiger partial charge in [0.15, 0.2) is 5.92 Å². The molecule has 0 saturated carbocycles. The number of carboxylic acids is 1. The van der Waals surface area contributed by atoms with Crippen molar-refractivity contribution in [3.8, 4) is 0 Å². The van der Waals surface area contributed by atoms with E-state index in [1.807, 2.05) is 0 Å². The molecule has 1 atom stereocenters. The quantitative estimate of drug-likeness (QED) is 0.417. The van der Waals surface area contributed by atoms with E-state index in [0.29, 0.717) is 0 Å². The molecule has 0 aliphatic rings. The second-order valence-electron chi connectivity index (χ2n) is 2.39. The Labute approximate surface area is 79.8 Å². The lowest BCUT2D eigenvalue weighted by atomic mass is 10.0. The lowest BCUT2D eigenvalue weighted by molar-refractivity contribution is -0.164. The van der Waals surface area contributed by atoms with E-state index < -0.39 is 29.9 Å². The van der Waals surface area contributed by atoms with Crippen LogP contribution < -0.4 is 5.73 Å². The SMILES string of the molecule is COC(=O)C(C(=O)OC)[C@H](N)C(=O)O. The topological polar surface area (TPSA) is 116 Å². The third-order valence-electron chi connectivity index (χ3n) is 1.55. The minimum atomic E-state index is -1.67. The summed E-state index contributed by atoms with van der Waals surface area (Å²) < 4.78 is 8.45. The smallest absolute Gasteiger partial charge is 0.322 e. The fourth-order valence-corrected chi connectivity index (χ4v) is 0.786. The zero-order valence-corrected chi connectivity index (χ0v) is 7.72. The number of esters is 2. The van der Waals surface area contributed by atoms with Gasteiger partial charge in [-0.3, -0.25) is 14.4 Å². The molecule has 0 spiro atoms. The number of carbonyl (C=O) groups is 3. The fourth-order valence-electron chi connectivity index (χ4n) is 0.786. The monoisotopic (exact) mass is 205 g/mol. The Balaban J connectivity index is 4.80. The number of hydrogen-bond acceptors (Lipinski definition) is 6. The summed E-state index contributed by atoms with van der Waals surface area (Å²) in [6, 6.07) is -1.67. The summed E-state index contributed by atoms with van der Waals surface area (Å²) in [6.07, 6.45) is 0. The van der Waals surface area contributed by atoms with E-state index in [1.165, 1.54) is 0 Å². The van der Waals surface area contributed by atoms with Gasteiger partial charge in [0.1, 0.15) is 6.04 Å². The molecule has 0 fully saturated rings. The maximum absolute atomic E-state index is 11.0. The molecule has 80 valence electrons. The van der Waals surface area contributed by atoms with Crippen molar-refractivity contribution >= 4 is 17.9 Å². The molecular formula is C7H11NO6. The number of nitrogens with two attached hydrogens (primary N) is 1. The molecule has 7 heteroatoms. The number of methoxy groups -OCH3 is 2. The van der Waals surface area contributed by atoms with Crippen LogP contribution in [0.1, 0.15) is 0 Å². The Morgan fingerprint density at radius 3 is 1.71 bits per heavy atom. The van der Waals surface area contributed by atoms with E-state index in [2.05, 4.69) is 9.47 Å². The number of rotatable bonds is 4.